The quantitative estimate of drug-likeness (QED) is 0.918. The smallest absolute Gasteiger partial charge is 0.321 e. The van der Waals surface area contributed by atoms with Gasteiger partial charge < -0.3 is 19.7 Å². The number of anilines is 1. The van der Waals surface area contributed by atoms with Gasteiger partial charge >= 0.3 is 6.03 Å². The summed E-state index contributed by atoms with van der Waals surface area (Å²) in [6.07, 6.45) is 1.69. The standard InChI is InChI=1S/C17H22N4O2/c1-3-20-8-10-21(11-9-20)17(23)18-15-12-19(2)16(22)14-7-5-4-6-13(14)15/h4-7,12H,3,8-11H2,1-2H3,(H,18,23). The number of hydrogen-bond acceptors (Lipinski definition) is 3. The van der Waals surface area contributed by atoms with E-state index in [9.17, 15) is 9.59 Å². The van der Waals surface area contributed by atoms with Gasteiger partial charge in [0.15, 0.2) is 0 Å². The number of carbonyl (C=O) groups is 1. The molecule has 0 aliphatic carbocycles. The Morgan fingerprint density at radius 2 is 1.78 bits per heavy atom. The number of rotatable bonds is 2. The Balaban J connectivity index is 1.83. The van der Waals surface area contributed by atoms with E-state index < -0.39 is 0 Å². The zero-order valence-electron chi connectivity index (χ0n) is 13.6. The van der Waals surface area contributed by atoms with Crippen molar-refractivity contribution in [2.75, 3.05) is 38.0 Å². The predicted octanol–water partition coefficient (Wildman–Crippen LogP) is 1.71. The van der Waals surface area contributed by atoms with Gasteiger partial charge in [-0.25, -0.2) is 4.79 Å². The molecule has 6 heteroatoms. The number of carbonyl (C=O) groups excluding carboxylic acids is 1. The normalized spacial score (nSPS) is 15.8. The minimum absolute atomic E-state index is 0.0600. The highest BCUT2D eigenvalue weighted by molar-refractivity contribution is 6.00. The van der Waals surface area contributed by atoms with Gasteiger partial charge in [-0.15, -0.1) is 0 Å². The van der Waals surface area contributed by atoms with Gasteiger partial charge in [0.25, 0.3) is 5.56 Å². The van der Waals surface area contributed by atoms with Crippen LogP contribution >= 0.6 is 0 Å². The molecule has 2 amide bonds. The lowest BCUT2D eigenvalue weighted by molar-refractivity contribution is 0.151. The highest BCUT2D eigenvalue weighted by atomic mass is 16.2. The maximum absolute atomic E-state index is 12.5. The summed E-state index contributed by atoms with van der Waals surface area (Å²) >= 11 is 0. The number of piperazine rings is 1. The van der Waals surface area contributed by atoms with Crippen LogP contribution < -0.4 is 10.9 Å². The molecule has 2 heterocycles. The molecule has 1 saturated heterocycles. The molecule has 1 aliphatic rings. The molecule has 1 N–H and O–H groups in total. The monoisotopic (exact) mass is 314 g/mol. The summed E-state index contributed by atoms with van der Waals surface area (Å²) < 4.78 is 1.51. The van der Waals surface area contributed by atoms with E-state index in [2.05, 4.69) is 17.1 Å². The molecule has 3 rings (SSSR count). The van der Waals surface area contributed by atoms with Gasteiger partial charge in [0.05, 0.1) is 5.69 Å². The van der Waals surface area contributed by atoms with E-state index in [0.717, 1.165) is 38.1 Å². The van der Waals surface area contributed by atoms with Gasteiger partial charge in [0.2, 0.25) is 0 Å². The van der Waals surface area contributed by atoms with Crippen molar-refractivity contribution < 1.29 is 4.79 Å². The number of likely N-dealkylation sites (N-methyl/N-ethyl adjacent to an activating group) is 1. The number of urea groups is 1. The second-order valence-electron chi connectivity index (χ2n) is 5.86. The molecular weight excluding hydrogens is 292 g/mol. The number of nitrogens with zero attached hydrogens (tertiary/aromatic N) is 3. The molecule has 1 aromatic carbocycles. The van der Waals surface area contributed by atoms with Gasteiger partial charge in [-0.05, 0) is 12.6 Å². The highest BCUT2D eigenvalue weighted by Crippen LogP contribution is 2.20. The molecule has 0 atom stereocenters. The lowest BCUT2D eigenvalue weighted by atomic mass is 10.1. The van der Waals surface area contributed by atoms with E-state index in [4.69, 9.17) is 0 Å². The van der Waals surface area contributed by atoms with Gasteiger partial charge in [-0.1, -0.05) is 25.1 Å². The fraction of sp³-hybridized carbons (Fsp3) is 0.412. The molecule has 0 radical (unpaired) electrons. The number of aromatic nitrogens is 1. The molecule has 0 bridgehead atoms. The fourth-order valence-electron chi connectivity index (χ4n) is 2.98. The lowest BCUT2D eigenvalue weighted by Gasteiger charge is -2.34. The van der Waals surface area contributed by atoms with Crippen molar-refractivity contribution in [3.8, 4) is 0 Å². The Bertz CT molecular complexity index is 776. The summed E-state index contributed by atoms with van der Waals surface area (Å²) in [6.45, 7) is 6.40. The minimum atomic E-state index is -0.107. The predicted molar refractivity (Wildman–Crippen MR) is 91.9 cm³/mol. The fourth-order valence-corrected chi connectivity index (χ4v) is 2.98. The molecule has 1 aromatic heterocycles. The first kappa shape index (κ1) is 15.6. The molecule has 0 unspecified atom stereocenters. The number of benzene rings is 1. The molecule has 1 fully saturated rings. The van der Waals surface area contributed by atoms with Crippen LogP contribution in [0.3, 0.4) is 0 Å². The number of fused-ring (bicyclic) bond motifs is 1. The van der Waals surface area contributed by atoms with Crippen LogP contribution in [0.15, 0.2) is 35.3 Å². The Labute approximate surface area is 135 Å². The summed E-state index contributed by atoms with van der Waals surface area (Å²) in [4.78, 5) is 28.8. The molecule has 6 nitrogen and oxygen atoms in total. The summed E-state index contributed by atoms with van der Waals surface area (Å²) in [5.41, 5.74) is 0.612. The van der Waals surface area contributed by atoms with E-state index in [-0.39, 0.29) is 11.6 Å². The van der Waals surface area contributed by atoms with Crippen molar-refractivity contribution >= 4 is 22.5 Å². The van der Waals surface area contributed by atoms with Crippen LogP contribution in [0.4, 0.5) is 10.5 Å². The zero-order valence-corrected chi connectivity index (χ0v) is 13.6. The molecule has 1 aliphatic heterocycles. The van der Waals surface area contributed by atoms with Crippen molar-refractivity contribution in [2.45, 2.75) is 6.92 Å². The van der Waals surface area contributed by atoms with E-state index in [1.807, 2.05) is 23.1 Å². The van der Waals surface area contributed by atoms with Crippen LogP contribution in [0.1, 0.15) is 6.92 Å². The average molecular weight is 314 g/mol. The third kappa shape index (κ3) is 3.07. The summed E-state index contributed by atoms with van der Waals surface area (Å²) in [5, 5.41) is 4.35. The summed E-state index contributed by atoms with van der Waals surface area (Å²) in [5.74, 6) is 0. The minimum Gasteiger partial charge on any atom is -0.322 e. The summed E-state index contributed by atoms with van der Waals surface area (Å²) in [6, 6.07) is 7.25. The zero-order chi connectivity index (χ0) is 16.4. The van der Waals surface area contributed by atoms with Crippen LogP contribution in [0, 0.1) is 0 Å². The number of aryl methyl sites for hydroxylation is 1. The Morgan fingerprint density at radius 1 is 1.13 bits per heavy atom. The maximum atomic E-state index is 12.5. The third-order valence-electron chi connectivity index (χ3n) is 4.44. The van der Waals surface area contributed by atoms with Gasteiger partial charge in [-0.3, -0.25) is 4.79 Å². The molecule has 2 aromatic rings. The number of pyridine rings is 1. The number of nitrogens with one attached hydrogen (secondary N) is 1. The van der Waals surface area contributed by atoms with Crippen LogP contribution in [0.25, 0.3) is 10.8 Å². The Kier molecular flexibility index (Phi) is 4.34. The van der Waals surface area contributed by atoms with E-state index in [0.29, 0.717) is 11.1 Å². The van der Waals surface area contributed by atoms with Crippen LogP contribution in [0.5, 0.6) is 0 Å². The SMILES string of the molecule is CCN1CCN(C(=O)Nc2cn(C)c(=O)c3ccccc23)CC1. The van der Waals surface area contributed by atoms with E-state index >= 15 is 0 Å². The number of hydrogen-bond donors (Lipinski definition) is 1. The molecule has 122 valence electrons. The second kappa shape index (κ2) is 6.42. The van der Waals surface area contributed by atoms with E-state index in [1.54, 1.807) is 19.3 Å². The van der Waals surface area contributed by atoms with Crippen LogP contribution in [-0.4, -0.2) is 53.1 Å². The summed E-state index contributed by atoms with van der Waals surface area (Å²) in [7, 11) is 1.70. The highest BCUT2D eigenvalue weighted by Gasteiger charge is 2.21. The third-order valence-corrected chi connectivity index (χ3v) is 4.44. The largest absolute Gasteiger partial charge is 0.322 e. The topological polar surface area (TPSA) is 57.6 Å². The second-order valence-corrected chi connectivity index (χ2v) is 5.86. The first-order valence-corrected chi connectivity index (χ1v) is 7.97. The van der Waals surface area contributed by atoms with Gasteiger partial charge in [-0.2, -0.15) is 0 Å². The number of amides is 2. The molecule has 0 saturated carbocycles. The van der Waals surface area contributed by atoms with Crippen molar-refractivity contribution in [3.63, 3.8) is 0 Å². The van der Waals surface area contributed by atoms with Crippen LogP contribution in [-0.2, 0) is 7.05 Å². The Morgan fingerprint density at radius 3 is 2.43 bits per heavy atom. The molecule has 0 spiro atoms. The van der Waals surface area contributed by atoms with Gasteiger partial charge in [0.1, 0.15) is 0 Å². The van der Waals surface area contributed by atoms with Gasteiger partial charge in [0, 0.05) is 50.2 Å². The maximum Gasteiger partial charge on any atom is 0.321 e. The lowest BCUT2D eigenvalue weighted by Crippen LogP contribution is -2.49. The van der Waals surface area contributed by atoms with E-state index in [1.165, 1.54) is 4.57 Å². The molecule has 23 heavy (non-hydrogen) atoms. The van der Waals surface area contributed by atoms with Crippen molar-refractivity contribution in [2.24, 2.45) is 7.05 Å². The van der Waals surface area contributed by atoms with Crippen molar-refractivity contribution in [1.82, 2.24) is 14.4 Å². The average Bonchev–Trinajstić information content (AvgIpc) is 2.59. The first-order chi connectivity index (χ1) is 11.1. The Hall–Kier alpha value is -2.34. The van der Waals surface area contributed by atoms with Crippen LogP contribution in [0.2, 0.25) is 0 Å². The molecular formula is C17H22N4O2. The van der Waals surface area contributed by atoms with Crippen molar-refractivity contribution in [1.29, 1.82) is 0 Å². The first-order valence-electron chi connectivity index (χ1n) is 7.97. The van der Waals surface area contributed by atoms with Crippen molar-refractivity contribution in [3.05, 3.63) is 40.8 Å².